The van der Waals surface area contributed by atoms with Crippen LogP contribution in [0.15, 0.2) is 12.1 Å². The normalized spacial score (nSPS) is 12.3. The Balaban J connectivity index is 3.34. The van der Waals surface area contributed by atoms with E-state index in [2.05, 4.69) is 65.7 Å². The second-order valence-corrected chi connectivity index (χ2v) is 5.13. The Morgan fingerprint density at radius 1 is 0.933 bits per heavy atom. The van der Waals surface area contributed by atoms with Crippen LogP contribution in [0.4, 0.5) is 0 Å². The van der Waals surface area contributed by atoms with Gasteiger partial charge in [-0.2, -0.15) is 0 Å². The van der Waals surface area contributed by atoms with Crippen LogP contribution in [0.25, 0.3) is 0 Å². The summed E-state index contributed by atoms with van der Waals surface area (Å²) >= 11 is 0. The highest BCUT2D eigenvalue weighted by Crippen LogP contribution is 2.30. The maximum Gasteiger partial charge on any atom is 0.0401 e. The van der Waals surface area contributed by atoms with Crippen LogP contribution in [0.3, 0.4) is 0 Å². The Labute approximate surface area is 94.1 Å². The molecule has 1 heteroatoms. The van der Waals surface area contributed by atoms with Gasteiger partial charge < -0.3 is 4.90 Å². The number of hydrogen-bond donors (Lipinski definition) is 0. The fourth-order valence-corrected chi connectivity index (χ4v) is 1.86. The minimum atomic E-state index is 0.0997. The van der Waals surface area contributed by atoms with E-state index in [1.807, 2.05) is 0 Å². The first-order valence-electron chi connectivity index (χ1n) is 5.53. The third-order valence-corrected chi connectivity index (χ3v) is 3.84. The molecule has 1 aromatic carbocycles. The van der Waals surface area contributed by atoms with E-state index in [4.69, 9.17) is 0 Å². The van der Waals surface area contributed by atoms with Crippen molar-refractivity contribution in [1.29, 1.82) is 0 Å². The molecular weight excluding hydrogens is 182 g/mol. The Bertz CT molecular complexity index is 362. The van der Waals surface area contributed by atoms with Gasteiger partial charge in [0, 0.05) is 5.54 Å². The third kappa shape index (κ3) is 2.07. The second kappa shape index (κ2) is 3.97. The molecule has 0 saturated heterocycles. The van der Waals surface area contributed by atoms with Crippen LogP contribution in [0.1, 0.15) is 36.1 Å². The van der Waals surface area contributed by atoms with E-state index >= 15 is 0 Å². The molecule has 0 saturated carbocycles. The highest BCUT2D eigenvalue weighted by Gasteiger charge is 2.25. The summed E-state index contributed by atoms with van der Waals surface area (Å²) in [5.74, 6) is 0. The molecule has 0 spiro atoms. The number of nitrogens with zero attached hydrogens (tertiary/aromatic N) is 1. The van der Waals surface area contributed by atoms with Gasteiger partial charge in [0.2, 0.25) is 0 Å². The molecule has 0 radical (unpaired) electrons. The fourth-order valence-electron chi connectivity index (χ4n) is 1.86. The lowest BCUT2D eigenvalue weighted by molar-refractivity contribution is 0.196. The van der Waals surface area contributed by atoms with Gasteiger partial charge >= 0.3 is 0 Å². The standard InChI is InChI=1S/C14H23N/c1-10-8-9-13(12(3)11(10)2)14(4,5)15(6)7/h8-9H,1-7H3. The van der Waals surface area contributed by atoms with E-state index in [1.165, 1.54) is 22.3 Å². The van der Waals surface area contributed by atoms with Gasteiger partial charge in [-0.25, -0.2) is 0 Å². The summed E-state index contributed by atoms with van der Waals surface area (Å²) < 4.78 is 0. The summed E-state index contributed by atoms with van der Waals surface area (Å²) in [6.07, 6.45) is 0. The predicted molar refractivity (Wildman–Crippen MR) is 67.4 cm³/mol. The predicted octanol–water partition coefficient (Wildman–Crippen LogP) is 3.41. The Morgan fingerprint density at radius 2 is 1.47 bits per heavy atom. The lowest BCUT2D eigenvalue weighted by Gasteiger charge is -2.35. The van der Waals surface area contributed by atoms with Crippen molar-refractivity contribution in [3.05, 3.63) is 34.4 Å². The molecule has 0 aliphatic carbocycles. The Morgan fingerprint density at radius 3 is 1.93 bits per heavy atom. The van der Waals surface area contributed by atoms with Crippen molar-refractivity contribution >= 4 is 0 Å². The molecule has 15 heavy (non-hydrogen) atoms. The quantitative estimate of drug-likeness (QED) is 0.715. The Hall–Kier alpha value is -0.820. The van der Waals surface area contributed by atoms with Gasteiger partial charge in [-0.15, -0.1) is 0 Å². The van der Waals surface area contributed by atoms with Gasteiger partial charge in [0.05, 0.1) is 0 Å². The minimum Gasteiger partial charge on any atom is -0.300 e. The first-order chi connectivity index (χ1) is 6.78. The number of aryl methyl sites for hydroxylation is 1. The first-order valence-corrected chi connectivity index (χ1v) is 5.53. The summed E-state index contributed by atoms with van der Waals surface area (Å²) in [5, 5.41) is 0. The van der Waals surface area contributed by atoms with Crippen molar-refractivity contribution < 1.29 is 0 Å². The van der Waals surface area contributed by atoms with Crippen LogP contribution in [0, 0.1) is 20.8 Å². The average Bonchev–Trinajstić information content (AvgIpc) is 2.13. The second-order valence-electron chi connectivity index (χ2n) is 5.13. The number of hydrogen-bond acceptors (Lipinski definition) is 1. The molecule has 1 aromatic rings. The van der Waals surface area contributed by atoms with Gasteiger partial charge in [-0.3, -0.25) is 0 Å². The summed E-state index contributed by atoms with van der Waals surface area (Å²) in [4.78, 5) is 2.27. The summed E-state index contributed by atoms with van der Waals surface area (Å²) in [7, 11) is 4.27. The molecule has 0 N–H and O–H groups in total. The molecule has 84 valence electrons. The van der Waals surface area contributed by atoms with E-state index in [0.717, 1.165) is 0 Å². The van der Waals surface area contributed by atoms with Crippen molar-refractivity contribution in [1.82, 2.24) is 4.90 Å². The summed E-state index contributed by atoms with van der Waals surface area (Å²) in [6.45, 7) is 11.1. The molecule has 0 fully saturated rings. The molecule has 0 bridgehead atoms. The SMILES string of the molecule is Cc1ccc(C(C)(C)N(C)C)c(C)c1C. The zero-order valence-corrected chi connectivity index (χ0v) is 11.1. The van der Waals surface area contributed by atoms with Crippen molar-refractivity contribution in [3.8, 4) is 0 Å². The lowest BCUT2D eigenvalue weighted by atomic mass is 9.86. The molecule has 0 amide bonds. The van der Waals surface area contributed by atoms with Crippen LogP contribution in [-0.2, 0) is 5.54 Å². The highest BCUT2D eigenvalue weighted by molar-refractivity contribution is 5.41. The molecule has 1 rings (SSSR count). The van der Waals surface area contributed by atoms with Gasteiger partial charge in [-0.1, -0.05) is 12.1 Å². The zero-order chi connectivity index (χ0) is 11.8. The van der Waals surface area contributed by atoms with Crippen LogP contribution in [0.2, 0.25) is 0 Å². The average molecular weight is 205 g/mol. The molecule has 0 atom stereocenters. The number of benzene rings is 1. The topological polar surface area (TPSA) is 3.24 Å². The fraction of sp³-hybridized carbons (Fsp3) is 0.571. The molecule has 0 unspecified atom stereocenters. The smallest absolute Gasteiger partial charge is 0.0401 e. The maximum atomic E-state index is 2.27. The van der Waals surface area contributed by atoms with Crippen LogP contribution >= 0.6 is 0 Å². The monoisotopic (exact) mass is 205 g/mol. The van der Waals surface area contributed by atoms with Crippen molar-refractivity contribution in [2.45, 2.75) is 40.2 Å². The third-order valence-electron chi connectivity index (χ3n) is 3.84. The van der Waals surface area contributed by atoms with E-state index in [9.17, 15) is 0 Å². The molecule has 0 heterocycles. The van der Waals surface area contributed by atoms with E-state index < -0.39 is 0 Å². The van der Waals surface area contributed by atoms with Gasteiger partial charge in [0.25, 0.3) is 0 Å². The maximum absolute atomic E-state index is 2.27. The van der Waals surface area contributed by atoms with Gasteiger partial charge in [0.15, 0.2) is 0 Å². The Kier molecular flexibility index (Phi) is 3.25. The molecule has 0 aliphatic heterocycles. The van der Waals surface area contributed by atoms with Crippen LogP contribution < -0.4 is 0 Å². The number of rotatable bonds is 2. The minimum absolute atomic E-state index is 0.0997. The zero-order valence-electron chi connectivity index (χ0n) is 11.1. The first kappa shape index (κ1) is 12.3. The van der Waals surface area contributed by atoms with Crippen molar-refractivity contribution in [2.24, 2.45) is 0 Å². The molecule has 1 nitrogen and oxygen atoms in total. The highest BCUT2D eigenvalue weighted by atomic mass is 15.1. The summed E-state index contributed by atoms with van der Waals surface area (Å²) in [6, 6.07) is 4.49. The van der Waals surface area contributed by atoms with Crippen LogP contribution in [0.5, 0.6) is 0 Å². The van der Waals surface area contributed by atoms with Crippen molar-refractivity contribution in [2.75, 3.05) is 14.1 Å². The van der Waals surface area contributed by atoms with E-state index in [0.29, 0.717) is 0 Å². The van der Waals surface area contributed by atoms with Gasteiger partial charge in [0.1, 0.15) is 0 Å². The molecule has 0 aliphatic rings. The summed E-state index contributed by atoms with van der Waals surface area (Å²) in [5.41, 5.74) is 5.75. The molecule has 0 aromatic heterocycles. The largest absolute Gasteiger partial charge is 0.300 e. The van der Waals surface area contributed by atoms with E-state index in [-0.39, 0.29) is 5.54 Å². The van der Waals surface area contributed by atoms with Gasteiger partial charge in [-0.05, 0) is 71.0 Å². The van der Waals surface area contributed by atoms with E-state index in [1.54, 1.807) is 0 Å². The van der Waals surface area contributed by atoms with Crippen molar-refractivity contribution in [3.63, 3.8) is 0 Å². The lowest BCUT2D eigenvalue weighted by Crippen LogP contribution is -2.36. The molecular formula is C14H23N. The van der Waals surface area contributed by atoms with Crippen LogP contribution in [-0.4, -0.2) is 19.0 Å².